The largest absolute Gasteiger partial charge is 0.355 e. The van der Waals surface area contributed by atoms with Crippen LogP contribution in [0.5, 0.6) is 0 Å². The smallest absolute Gasteiger partial charge is 0.111 e. The van der Waals surface area contributed by atoms with Gasteiger partial charge in [-0.1, -0.05) is 52.3 Å². The zero-order valence-corrected chi connectivity index (χ0v) is 8.99. The molecule has 1 aromatic rings. The van der Waals surface area contributed by atoms with Crippen LogP contribution in [0, 0.1) is 0 Å². The van der Waals surface area contributed by atoms with Gasteiger partial charge in [0, 0.05) is 0 Å². The van der Waals surface area contributed by atoms with Crippen LogP contribution in [0.3, 0.4) is 0 Å². The Morgan fingerprint density at radius 1 is 1.38 bits per heavy atom. The van der Waals surface area contributed by atoms with Gasteiger partial charge < -0.3 is 4.74 Å². The molecule has 13 heavy (non-hydrogen) atoms. The van der Waals surface area contributed by atoms with Crippen LogP contribution in [0.1, 0.15) is 24.2 Å². The van der Waals surface area contributed by atoms with Crippen molar-refractivity contribution in [3.05, 3.63) is 41.5 Å². The van der Waals surface area contributed by atoms with Crippen molar-refractivity contribution in [1.82, 2.24) is 0 Å². The van der Waals surface area contributed by atoms with E-state index in [0.29, 0.717) is 0 Å². The molecular formula is C11H11BrO. The first-order valence-electron chi connectivity index (χ1n) is 4.34. The van der Waals surface area contributed by atoms with Crippen molar-refractivity contribution in [2.24, 2.45) is 0 Å². The summed E-state index contributed by atoms with van der Waals surface area (Å²) < 4.78 is 5.67. The maximum absolute atomic E-state index is 5.67. The van der Waals surface area contributed by atoms with Gasteiger partial charge in [-0.15, -0.1) is 0 Å². The summed E-state index contributed by atoms with van der Waals surface area (Å²) in [5.41, 5.74) is 2.52. The first-order chi connectivity index (χ1) is 6.27. The fourth-order valence-electron chi connectivity index (χ4n) is 1.54. The molecule has 2 unspecified atom stereocenters. The molecule has 2 atom stereocenters. The van der Waals surface area contributed by atoms with Crippen LogP contribution in [0.4, 0.5) is 0 Å². The second-order valence-corrected chi connectivity index (χ2v) is 4.38. The van der Waals surface area contributed by atoms with Crippen molar-refractivity contribution in [2.45, 2.75) is 18.0 Å². The molecule has 68 valence electrons. The van der Waals surface area contributed by atoms with Gasteiger partial charge in [0.05, 0.1) is 0 Å². The molecule has 0 saturated carbocycles. The number of rotatable bonds is 2. The Morgan fingerprint density at radius 2 is 2.15 bits per heavy atom. The Balaban J connectivity index is 2.23. The highest BCUT2D eigenvalue weighted by Gasteiger charge is 2.17. The van der Waals surface area contributed by atoms with Gasteiger partial charge in [-0.3, -0.25) is 0 Å². The molecule has 0 amide bonds. The average Bonchev–Trinajstić information content (AvgIpc) is 2.48. The summed E-state index contributed by atoms with van der Waals surface area (Å²) in [5, 5.41) is 0.0910. The summed E-state index contributed by atoms with van der Waals surface area (Å²) in [6.07, 6.45) is 4.31. The highest BCUT2D eigenvalue weighted by molar-refractivity contribution is 9.09. The fourth-order valence-corrected chi connectivity index (χ4v) is 1.77. The van der Waals surface area contributed by atoms with Gasteiger partial charge in [-0.2, -0.15) is 0 Å². The van der Waals surface area contributed by atoms with Crippen molar-refractivity contribution in [2.75, 3.05) is 0 Å². The lowest BCUT2D eigenvalue weighted by Gasteiger charge is -2.13. The number of benzene rings is 1. The molecule has 0 radical (unpaired) electrons. The summed E-state index contributed by atoms with van der Waals surface area (Å²) in [6, 6.07) is 8.30. The van der Waals surface area contributed by atoms with Crippen LogP contribution in [-0.2, 0) is 4.74 Å². The molecule has 1 aliphatic rings. The predicted octanol–water partition coefficient (Wildman–Crippen LogP) is 3.51. The van der Waals surface area contributed by atoms with E-state index in [2.05, 4.69) is 40.2 Å². The first-order valence-corrected chi connectivity index (χ1v) is 5.25. The lowest BCUT2D eigenvalue weighted by molar-refractivity contribution is 0.0812. The minimum absolute atomic E-state index is 0.0910. The van der Waals surface area contributed by atoms with E-state index < -0.39 is 0 Å². The number of halogens is 1. The molecule has 0 bridgehead atoms. The lowest BCUT2D eigenvalue weighted by Crippen LogP contribution is -2.04. The minimum atomic E-state index is 0.0910. The quantitative estimate of drug-likeness (QED) is 0.717. The number of fused-ring (bicyclic) bond motifs is 1. The zero-order chi connectivity index (χ0) is 9.26. The average molecular weight is 239 g/mol. The van der Waals surface area contributed by atoms with Crippen molar-refractivity contribution in [3.8, 4) is 0 Å². The van der Waals surface area contributed by atoms with Crippen molar-refractivity contribution < 1.29 is 4.74 Å². The molecular weight excluding hydrogens is 228 g/mol. The Morgan fingerprint density at radius 3 is 2.92 bits per heavy atom. The number of hydrogen-bond acceptors (Lipinski definition) is 1. The van der Waals surface area contributed by atoms with E-state index >= 15 is 0 Å². The molecule has 0 aromatic heterocycles. The van der Waals surface area contributed by atoms with Crippen LogP contribution in [0.2, 0.25) is 0 Å². The van der Waals surface area contributed by atoms with Gasteiger partial charge in [0.2, 0.25) is 0 Å². The Bertz CT molecular complexity index is 331. The van der Waals surface area contributed by atoms with E-state index in [1.165, 1.54) is 11.1 Å². The standard InChI is InChI=1S/C11H11BrO/c1-8(12)13-11-7-6-9-4-2-3-5-10(9)11/h2-8,11H,1H3. The van der Waals surface area contributed by atoms with Crippen LogP contribution < -0.4 is 0 Å². The summed E-state index contributed by atoms with van der Waals surface area (Å²) in [5.74, 6) is 0. The fraction of sp³-hybridized carbons (Fsp3) is 0.273. The first kappa shape index (κ1) is 8.97. The van der Waals surface area contributed by atoms with Gasteiger partial charge in [-0.25, -0.2) is 0 Å². The second-order valence-electron chi connectivity index (χ2n) is 3.09. The topological polar surface area (TPSA) is 9.23 Å². The minimum Gasteiger partial charge on any atom is -0.355 e. The lowest BCUT2D eigenvalue weighted by atomic mass is 10.1. The maximum Gasteiger partial charge on any atom is 0.111 e. The van der Waals surface area contributed by atoms with Gasteiger partial charge in [0.15, 0.2) is 0 Å². The maximum atomic E-state index is 5.67. The summed E-state index contributed by atoms with van der Waals surface area (Å²) >= 11 is 3.38. The van der Waals surface area contributed by atoms with E-state index in [9.17, 15) is 0 Å². The third-order valence-corrected chi connectivity index (χ3v) is 2.30. The zero-order valence-electron chi connectivity index (χ0n) is 7.41. The summed E-state index contributed by atoms with van der Waals surface area (Å²) in [4.78, 5) is 0. The van der Waals surface area contributed by atoms with Crippen LogP contribution >= 0.6 is 15.9 Å². The van der Waals surface area contributed by atoms with Gasteiger partial charge >= 0.3 is 0 Å². The summed E-state index contributed by atoms with van der Waals surface area (Å²) in [7, 11) is 0. The van der Waals surface area contributed by atoms with E-state index in [-0.39, 0.29) is 11.1 Å². The highest BCUT2D eigenvalue weighted by Crippen LogP contribution is 2.32. The monoisotopic (exact) mass is 238 g/mol. The van der Waals surface area contributed by atoms with Crippen LogP contribution in [-0.4, -0.2) is 5.01 Å². The molecule has 0 spiro atoms. The molecule has 0 aliphatic heterocycles. The molecule has 1 aliphatic carbocycles. The van der Waals surface area contributed by atoms with E-state index in [4.69, 9.17) is 4.74 Å². The highest BCUT2D eigenvalue weighted by atomic mass is 79.9. The van der Waals surface area contributed by atoms with Crippen LogP contribution in [0.15, 0.2) is 30.3 Å². The van der Waals surface area contributed by atoms with E-state index in [1.54, 1.807) is 0 Å². The second kappa shape index (κ2) is 3.64. The number of alkyl halides is 1. The molecule has 0 saturated heterocycles. The Labute approximate surface area is 86.5 Å². The SMILES string of the molecule is CC(Br)OC1C=Cc2ccccc21. The molecule has 2 heteroatoms. The molecule has 0 heterocycles. The third-order valence-electron chi connectivity index (χ3n) is 2.09. The van der Waals surface area contributed by atoms with Crippen LogP contribution in [0.25, 0.3) is 6.08 Å². The normalized spacial score (nSPS) is 21.5. The van der Waals surface area contributed by atoms with Gasteiger partial charge in [0.25, 0.3) is 0 Å². The Kier molecular flexibility index (Phi) is 2.51. The van der Waals surface area contributed by atoms with E-state index in [1.807, 2.05) is 19.1 Å². The molecule has 2 rings (SSSR count). The van der Waals surface area contributed by atoms with Gasteiger partial charge in [0.1, 0.15) is 11.1 Å². The van der Waals surface area contributed by atoms with Crippen molar-refractivity contribution in [3.63, 3.8) is 0 Å². The Hall–Kier alpha value is -0.600. The molecule has 0 N–H and O–H groups in total. The molecule has 1 nitrogen and oxygen atoms in total. The molecule has 0 fully saturated rings. The van der Waals surface area contributed by atoms with Crippen molar-refractivity contribution >= 4 is 22.0 Å². The summed E-state index contributed by atoms with van der Waals surface area (Å²) in [6.45, 7) is 1.98. The number of ether oxygens (including phenoxy) is 1. The third kappa shape index (κ3) is 1.84. The molecule has 1 aromatic carbocycles. The van der Waals surface area contributed by atoms with Crippen molar-refractivity contribution in [1.29, 1.82) is 0 Å². The number of hydrogen-bond donors (Lipinski definition) is 0. The predicted molar refractivity (Wildman–Crippen MR) is 57.7 cm³/mol. The van der Waals surface area contributed by atoms with Gasteiger partial charge in [-0.05, 0) is 18.1 Å². The van der Waals surface area contributed by atoms with E-state index in [0.717, 1.165) is 0 Å².